The lowest BCUT2D eigenvalue weighted by atomic mass is 9.98. The van der Waals surface area contributed by atoms with Gasteiger partial charge in [-0.3, -0.25) is 4.90 Å². The highest BCUT2D eigenvalue weighted by atomic mass is 15.2. The highest BCUT2D eigenvalue weighted by Gasteiger charge is 2.23. The van der Waals surface area contributed by atoms with Gasteiger partial charge in [-0.05, 0) is 65.0 Å². The molecular weight excluding hydrogens is 198 g/mol. The molecule has 2 rings (SSSR count). The van der Waals surface area contributed by atoms with Crippen molar-refractivity contribution < 1.29 is 0 Å². The molecule has 2 fully saturated rings. The number of nitrogens with one attached hydrogen (secondary N) is 1. The molecule has 3 nitrogen and oxygen atoms in total. The van der Waals surface area contributed by atoms with Gasteiger partial charge in [0.25, 0.3) is 0 Å². The molecule has 2 aliphatic rings. The normalized spacial score (nSPS) is 30.0. The molecule has 0 aromatic rings. The van der Waals surface area contributed by atoms with Gasteiger partial charge in [0.15, 0.2) is 0 Å². The van der Waals surface area contributed by atoms with Crippen molar-refractivity contribution in [1.82, 2.24) is 15.1 Å². The molecule has 3 heteroatoms. The standard InChI is InChI=1S/C13H27N3/c1-3-13-11-15(2)6-4-7-16(13)8-5-12-9-14-10-12/h12-14H,3-11H2,1-2H3. The van der Waals surface area contributed by atoms with Gasteiger partial charge in [0.2, 0.25) is 0 Å². The molecule has 2 saturated heterocycles. The molecule has 0 bridgehead atoms. The van der Waals surface area contributed by atoms with Crippen LogP contribution >= 0.6 is 0 Å². The van der Waals surface area contributed by atoms with Crippen LogP contribution in [-0.2, 0) is 0 Å². The Morgan fingerprint density at radius 1 is 1.25 bits per heavy atom. The summed E-state index contributed by atoms with van der Waals surface area (Å²) in [4.78, 5) is 5.24. The van der Waals surface area contributed by atoms with Gasteiger partial charge in [0, 0.05) is 12.6 Å². The molecule has 2 aliphatic heterocycles. The second-order valence-electron chi connectivity index (χ2n) is 5.53. The molecule has 1 N–H and O–H groups in total. The van der Waals surface area contributed by atoms with E-state index in [9.17, 15) is 0 Å². The van der Waals surface area contributed by atoms with E-state index in [1.165, 1.54) is 58.5 Å². The van der Waals surface area contributed by atoms with Gasteiger partial charge in [-0.2, -0.15) is 0 Å². The summed E-state index contributed by atoms with van der Waals surface area (Å²) >= 11 is 0. The lowest BCUT2D eigenvalue weighted by Crippen LogP contribution is -2.46. The topological polar surface area (TPSA) is 18.5 Å². The van der Waals surface area contributed by atoms with Crippen molar-refractivity contribution in [2.75, 3.05) is 46.3 Å². The molecule has 2 heterocycles. The van der Waals surface area contributed by atoms with Gasteiger partial charge in [-0.1, -0.05) is 6.92 Å². The average Bonchev–Trinajstić information content (AvgIpc) is 2.38. The van der Waals surface area contributed by atoms with Crippen LogP contribution in [0.3, 0.4) is 0 Å². The van der Waals surface area contributed by atoms with Gasteiger partial charge in [0.05, 0.1) is 0 Å². The number of likely N-dealkylation sites (N-methyl/N-ethyl adjacent to an activating group) is 1. The van der Waals surface area contributed by atoms with Crippen molar-refractivity contribution >= 4 is 0 Å². The fourth-order valence-corrected chi connectivity index (χ4v) is 2.88. The summed E-state index contributed by atoms with van der Waals surface area (Å²) in [7, 11) is 2.27. The van der Waals surface area contributed by atoms with Crippen LogP contribution in [-0.4, -0.2) is 62.2 Å². The predicted octanol–water partition coefficient (Wildman–Crippen LogP) is 1.01. The van der Waals surface area contributed by atoms with E-state index in [1.54, 1.807) is 0 Å². The van der Waals surface area contributed by atoms with Crippen LogP contribution in [0, 0.1) is 5.92 Å². The van der Waals surface area contributed by atoms with E-state index in [0.29, 0.717) is 0 Å². The zero-order chi connectivity index (χ0) is 11.4. The van der Waals surface area contributed by atoms with Gasteiger partial charge in [-0.15, -0.1) is 0 Å². The minimum atomic E-state index is 0.792. The van der Waals surface area contributed by atoms with E-state index in [4.69, 9.17) is 0 Å². The van der Waals surface area contributed by atoms with E-state index < -0.39 is 0 Å². The van der Waals surface area contributed by atoms with Crippen LogP contribution in [0.25, 0.3) is 0 Å². The molecule has 0 amide bonds. The van der Waals surface area contributed by atoms with Gasteiger partial charge in [0.1, 0.15) is 0 Å². The van der Waals surface area contributed by atoms with E-state index in [0.717, 1.165) is 12.0 Å². The molecule has 1 unspecified atom stereocenters. The smallest absolute Gasteiger partial charge is 0.0220 e. The number of nitrogens with zero attached hydrogens (tertiary/aromatic N) is 2. The first kappa shape index (κ1) is 12.3. The minimum Gasteiger partial charge on any atom is -0.316 e. The summed E-state index contributed by atoms with van der Waals surface area (Å²) in [5.41, 5.74) is 0. The highest BCUT2D eigenvalue weighted by molar-refractivity contribution is 4.81. The zero-order valence-electron chi connectivity index (χ0n) is 10.9. The minimum absolute atomic E-state index is 0.792. The molecule has 0 spiro atoms. The first-order valence-electron chi connectivity index (χ1n) is 6.93. The molecule has 0 aromatic carbocycles. The first-order chi connectivity index (χ1) is 7.79. The van der Waals surface area contributed by atoms with E-state index in [1.807, 2.05) is 0 Å². The Morgan fingerprint density at radius 2 is 2.06 bits per heavy atom. The largest absolute Gasteiger partial charge is 0.316 e. The monoisotopic (exact) mass is 225 g/mol. The third-order valence-electron chi connectivity index (χ3n) is 4.19. The lowest BCUT2D eigenvalue weighted by molar-refractivity contribution is 0.163. The number of rotatable bonds is 4. The molecule has 0 aliphatic carbocycles. The Kier molecular flexibility index (Phi) is 4.62. The third kappa shape index (κ3) is 3.19. The van der Waals surface area contributed by atoms with E-state index >= 15 is 0 Å². The third-order valence-corrected chi connectivity index (χ3v) is 4.19. The van der Waals surface area contributed by atoms with Gasteiger partial charge in [-0.25, -0.2) is 0 Å². The Hall–Kier alpha value is -0.120. The van der Waals surface area contributed by atoms with Crippen LogP contribution in [0.5, 0.6) is 0 Å². The molecule has 94 valence electrons. The summed E-state index contributed by atoms with van der Waals surface area (Å²) in [6.07, 6.45) is 4.04. The van der Waals surface area contributed by atoms with Crippen molar-refractivity contribution in [3.8, 4) is 0 Å². The molecular formula is C13H27N3. The summed E-state index contributed by atoms with van der Waals surface area (Å²) in [6.45, 7) is 10.0. The predicted molar refractivity (Wildman–Crippen MR) is 68.7 cm³/mol. The van der Waals surface area contributed by atoms with Crippen molar-refractivity contribution in [2.45, 2.75) is 32.2 Å². The fraction of sp³-hybridized carbons (Fsp3) is 1.00. The summed E-state index contributed by atoms with van der Waals surface area (Å²) in [5.74, 6) is 0.957. The first-order valence-corrected chi connectivity index (χ1v) is 6.93. The summed E-state index contributed by atoms with van der Waals surface area (Å²) in [6, 6.07) is 0.792. The Labute approximate surface area is 100 Å². The quantitative estimate of drug-likeness (QED) is 0.770. The lowest BCUT2D eigenvalue weighted by Gasteiger charge is -2.33. The molecule has 16 heavy (non-hydrogen) atoms. The highest BCUT2D eigenvalue weighted by Crippen LogP contribution is 2.15. The summed E-state index contributed by atoms with van der Waals surface area (Å²) in [5, 5.41) is 3.37. The molecule has 0 saturated carbocycles. The van der Waals surface area contributed by atoms with Crippen molar-refractivity contribution in [3.05, 3.63) is 0 Å². The van der Waals surface area contributed by atoms with Crippen LogP contribution in [0.1, 0.15) is 26.2 Å². The van der Waals surface area contributed by atoms with E-state index in [-0.39, 0.29) is 0 Å². The van der Waals surface area contributed by atoms with Gasteiger partial charge < -0.3 is 10.2 Å². The van der Waals surface area contributed by atoms with Gasteiger partial charge >= 0.3 is 0 Å². The van der Waals surface area contributed by atoms with Crippen molar-refractivity contribution in [1.29, 1.82) is 0 Å². The SMILES string of the molecule is CCC1CN(C)CCCN1CCC1CNC1. The molecule has 0 aromatic heterocycles. The zero-order valence-corrected chi connectivity index (χ0v) is 10.9. The number of hydrogen-bond acceptors (Lipinski definition) is 3. The average molecular weight is 225 g/mol. The van der Waals surface area contributed by atoms with Crippen LogP contribution in [0.15, 0.2) is 0 Å². The molecule has 1 atom stereocenters. The van der Waals surface area contributed by atoms with Crippen molar-refractivity contribution in [2.24, 2.45) is 5.92 Å². The maximum Gasteiger partial charge on any atom is 0.0220 e. The molecule has 0 radical (unpaired) electrons. The summed E-state index contributed by atoms with van der Waals surface area (Å²) < 4.78 is 0. The van der Waals surface area contributed by atoms with Crippen LogP contribution < -0.4 is 5.32 Å². The number of hydrogen-bond donors (Lipinski definition) is 1. The second kappa shape index (κ2) is 5.99. The maximum absolute atomic E-state index is 3.37. The van der Waals surface area contributed by atoms with Crippen LogP contribution in [0.4, 0.5) is 0 Å². The fourth-order valence-electron chi connectivity index (χ4n) is 2.88. The van der Waals surface area contributed by atoms with E-state index in [2.05, 4.69) is 29.1 Å². The Balaban J connectivity index is 1.79. The Morgan fingerprint density at radius 3 is 2.69 bits per heavy atom. The maximum atomic E-state index is 3.37. The van der Waals surface area contributed by atoms with Crippen LogP contribution in [0.2, 0.25) is 0 Å². The second-order valence-corrected chi connectivity index (χ2v) is 5.53. The Bertz CT molecular complexity index is 203. The van der Waals surface area contributed by atoms with Crippen molar-refractivity contribution in [3.63, 3.8) is 0 Å².